The molecular weight excluding hydrogens is 252 g/mol. The Morgan fingerprint density at radius 3 is 2.45 bits per heavy atom. The summed E-state index contributed by atoms with van der Waals surface area (Å²) in [5.41, 5.74) is 1.98. The molecular formula is C16H20N2O2. The number of furan rings is 1. The molecule has 1 atom stereocenters. The quantitative estimate of drug-likeness (QED) is 0.879. The highest BCUT2D eigenvalue weighted by atomic mass is 16.3. The van der Waals surface area contributed by atoms with Gasteiger partial charge in [-0.05, 0) is 45.0 Å². The van der Waals surface area contributed by atoms with Crippen LogP contribution in [0.3, 0.4) is 0 Å². The van der Waals surface area contributed by atoms with Crippen LogP contribution in [0.5, 0.6) is 0 Å². The maximum absolute atomic E-state index is 11.8. The van der Waals surface area contributed by atoms with Gasteiger partial charge >= 0.3 is 0 Å². The zero-order valence-electron chi connectivity index (χ0n) is 12.1. The van der Waals surface area contributed by atoms with E-state index in [2.05, 4.69) is 10.6 Å². The van der Waals surface area contributed by atoms with E-state index in [1.807, 2.05) is 57.2 Å². The lowest BCUT2D eigenvalue weighted by Crippen LogP contribution is -2.29. The predicted octanol–water partition coefficient (Wildman–Crippen LogP) is 3.19. The second-order valence-electron chi connectivity index (χ2n) is 4.97. The van der Waals surface area contributed by atoms with Crippen LogP contribution in [0.25, 0.3) is 0 Å². The van der Waals surface area contributed by atoms with Gasteiger partial charge in [0.1, 0.15) is 11.5 Å². The molecule has 2 aromatic rings. The van der Waals surface area contributed by atoms with Crippen molar-refractivity contribution in [3.63, 3.8) is 0 Å². The maximum Gasteiger partial charge on any atom is 0.238 e. The van der Waals surface area contributed by atoms with Gasteiger partial charge in [0.2, 0.25) is 5.91 Å². The lowest BCUT2D eigenvalue weighted by atomic mass is 10.2. The first kappa shape index (κ1) is 14.3. The van der Waals surface area contributed by atoms with E-state index in [1.54, 1.807) is 0 Å². The molecule has 106 valence electrons. The average Bonchev–Trinajstić information content (AvgIpc) is 2.85. The van der Waals surface area contributed by atoms with Crippen molar-refractivity contribution in [2.75, 3.05) is 11.9 Å². The third-order valence-corrected chi connectivity index (χ3v) is 3.09. The molecule has 4 nitrogen and oxygen atoms in total. The molecule has 0 saturated carbocycles. The summed E-state index contributed by atoms with van der Waals surface area (Å²) in [7, 11) is 0. The minimum Gasteiger partial charge on any atom is -0.465 e. The summed E-state index contributed by atoms with van der Waals surface area (Å²) in [6.45, 7) is 6.13. The molecule has 1 unspecified atom stereocenters. The Balaban J connectivity index is 1.81. The summed E-state index contributed by atoms with van der Waals surface area (Å²) in [4.78, 5) is 11.8. The van der Waals surface area contributed by atoms with E-state index < -0.39 is 0 Å². The van der Waals surface area contributed by atoms with Gasteiger partial charge in [-0.25, -0.2) is 0 Å². The first-order valence-electron chi connectivity index (χ1n) is 6.71. The number of carbonyl (C=O) groups excluding carboxylic acids is 1. The van der Waals surface area contributed by atoms with Crippen molar-refractivity contribution in [3.05, 3.63) is 53.5 Å². The van der Waals surface area contributed by atoms with E-state index in [4.69, 9.17) is 4.42 Å². The average molecular weight is 272 g/mol. The minimum absolute atomic E-state index is 0.00691. The molecule has 0 aliphatic heterocycles. The fourth-order valence-electron chi connectivity index (χ4n) is 1.87. The largest absolute Gasteiger partial charge is 0.465 e. The van der Waals surface area contributed by atoms with Crippen molar-refractivity contribution in [1.82, 2.24) is 5.32 Å². The van der Waals surface area contributed by atoms with Gasteiger partial charge in [0.15, 0.2) is 0 Å². The molecule has 1 aromatic carbocycles. The van der Waals surface area contributed by atoms with Gasteiger partial charge in [-0.2, -0.15) is 0 Å². The Kier molecular flexibility index (Phi) is 4.58. The molecule has 1 aromatic heterocycles. The van der Waals surface area contributed by atoms with E-state index in [0.29, 0.717) is 0 Å². The van der Waals surface area contributed by atoms with Gasteiger partial charge in [-0.1, -0.05) is 17.7 Å². The molecule has 2 rings (SSSR count). The zero-order valence-corrected chi connectivity index (χ0v) is 12.1. The number of aryl methyl sites for hydroxylation is 2. The molecule has 0 fully saturated rings. The number of hydrogen-bond donors (Lipinski definition) is 2. The molecule has 0 spiro atoms. The highest BCUT2D eigenvalue weighted by Crippen LogP contribution is 2.15. The van der Waals surface area contributed by atoms with Crippen LogP contribution in [-0.2, 0) is 4.79 Å². The van der Waals surface area contributed by atoms with Crippen LogP contribution in [-0.4, -0.2) is 12.5 Å². The smallest absolute Gasteiger partial charge is 0.238 e. The first-order valence-corrected chi connectivity index (χ1v) is 6.71. The summed E-state index contributed by atoms with van der Waals surface area (Å²) in [6, 6.07) is 11.6. The summed E-state index contributed by atoms with van der Waals surface area (Å²) < 4.78 is 5.51. The molecule has 4 heteroatoms. The second kappa shape index (κ2) is 6.39. The van der Waals surface area contributed by atoms with Crippen LogP contribution in [0.2, 0.25) is 0 Å². The number of amides is 1. The Labute approximate surface area is 119 Å². The summed E-state index contributed by atoms with van der Waals surface area (Å²) >= 11 is 0. The maximum atomic E-state index is 11.8. The lowest BCUT2D eigenvalue weighted by Gasteiger charge is -2.11. The van der Waals surface area contributed by atoms with Gasteiger partial charge in [0, 0.05) is 5.69 Å². The van der Waals surface area contributed by atoms with E-state index in [-0.39, 0.29) is 18.5 Å². The van der Waals surface area contributed by atoms with Gasteiger partial charge in [-0.15, -0.1) is 0 Å². The normalized spacial score (nSPS) is 12.2. The lowest BCUT2D eigenvalue weighted by molar-refractivity contribution is -0.115. The number of nitrogens with one attached hydrogen (secondary N) is 2. The minimum atomic E-state index is -0.0658. The third-order valence-electron chi connectivity index (χ3n) is 3.09. The molecule has 0 aliphatic rings. The van der Waals surface area contributed by atoms with Crippen LogP contribution in [0.1, 0.15) is 30.0 Å². The second-order valence-corrected chi connectivity index (χ2v) is 4.97. The molecule has 1 heterocycles. The first-order chi connectivity index (χ1) is 9.54. The summed E-state index contributed by atoms with van der Waals surface area (Å²) in [5.74, 6) is 1.65. The number of rotatable bonds is 5. The summed E-state index contributed by atoms with van der Waals surface area (Å²) in [5, 5.41) is 5.99. The fraction of sp³-hybridized carbons (Fsp3) is 0.312. The Bertz CT molecular complexity index is 572. The van der Waals surface area contributed by atoms with Crippen molar-refractivity contribution < 1.29 is 9.21 Å². The number of hydrogen-bond acceptors (Lipinski definition) is 3. The van der Waals surface area contributed by atoms with Crippen LogP contribution in [0, 0.1) is 13.8 Å². The molecule has 0 radical (unpaired) electrons. The Hall–Kier alpha value is -2.07. The van der Waals surface area contributed by atoms with E-state index >= 15 is 0 Å². The fourth-order valence-corrected chi connectivity index (χ4v) is 1.87. The Morgan fingerprint density at radius 1 is 1.15 bits per heavy atom. The molecule has 20 heavy (non-hydrogen) atoms. The third kappa shape index (κ3) is 3.96. The standard InChI is InChI=1S/C16H20N2O2/c1-11-4-7-14(8-5-11)18-16(19)10-17-13(3)15-9-6-12(2)20-15/h4-9,13,17H,10H2,1-3H3,(H,18,19). The van der Waals surface area contributed by atoms with Gasteiger partial charge in [-0.3, -0.25) is 10.1 Å². The SMILES string of the molecule is Cc1ccc(NC(=O)CNC(C)c2ccc(C)o2)cc1. The van der Waals surface area contributed by atoms with Gasteiger partial charge in [0.05, 0.1) is 12.6 Å². The van der Waals surface area contributed by atoms with Crippen molar-refractivity contribution in [1.29, 1.82) is 0 Å². The Morgan fingerprint density at radius 2 is 1.85 bits per heavy atom. The highest BCUT2D eigenvalue weighted by molar-refractivity contribution is 5.92. The molecule has 0 aliphatic carbocycles. The van der Waals surface area contributed by atoms with Crippen molar-refractivity contribution in [2.24, 2.45) is 0 Å². The zero-order chi connectivity index (χ0) is 14.5. The van der Waals surface area contributed by atoms with E-state index in [9.17, 15) is 4.79 Å². The van der Waals surface area contributed by atoms with Crippen LogP contribution in [0.4, 0.5) is 5.69 Å². The number of anilines is 1. The van der Waals surface area contributed by atoms with Crippen molar-refractivity contribution in [2.45, 2.75) is 26.8 Å². The molecule has 0 saturated heterocycles. The van der Waals surface area contributed by atoms with Gasteiger partial charge in [0.25, 0.3) is 0 Å². The van der Waals surface area contributed by atoms with Crippen LogP contribution >= 0.6 is 0 Å². The monoisotopic (exact) mass is 272 g/mol. The molecule has 1 amide bonds. The van der Waals surface area contributed by atoms with Crippen LogP contribution < -0.4 is 10.6 Å². The molecule has 0 bridgehead atoms. The van der Waals surface area contributed by atoms with Crippen molar-refractivity contribution >= 4 is 11.6 Å². The summed E-state index contributed by atoms with van der Waals surface area (Å²) in [6.07, 6.45) is 0. The van der Waals surface area contributed by atoms with Crippen molar-refractivity contribution in [3.8, 4) is 0 Å². The highest BCUT2D eigenvalue weighted by Gasteiger charge is 2.10. The van der Waals surface area contributed by atoms with Gasteiger partial charge < -0.3 is 9.73 Å². The number of carbonyl (C=O) groups is 1. The van der Waals surface area contributed by atoms with E-state index in [0.717, 1.165) is 17.2 Å². The van der Waals surface area contributed by atoms with E-state index in [1.165, 1.54) is 5.56 Å². The van der Waals surface area contributed by atoms with Crippen LogP contribution in [0.15, 0.2) is 40.8 Å². The topological polar surface area (TPSA) is 54.3 Å². The number of benzene rings is 1. The molecule has 2 N–H and O–H groups in total. The predicted molar refractivity (Wildman–Crippen MR) is 79.7 cm³/mol.